The SMILES string of the molecule is OC(CNCc1nc2ccccn2n1)c1ccc(F)cc1Cl. The molecule has 2 N–H and O–H groups in total. The van der Waals surface area contributed by atoms with Crippen molar-refractivity contribution in [2.24, 2.45) is 0 Å². The lowest BCUT2D eigenvalue weighted by atomic mass is 10.1. The number of fused-ring (bicyclic) bond motifs is 1. The van der Waals surface area contributed by atoms with Gasteiger partial charge in [-0.1, -0.05) is 23.7 Å². The van der Waals surface area contributed by atoms with Crippen molar-refractivity contribution >= 4 is 17.2 Å². The number of hydrogen-bond donors (Lipinski definition) is 2. The van der Waals surface area contributed by atoms with Crippen LogP contribution >= 0.6 is 11.6 Å². The number of nitrogens with one attached hydrogen (secondary N) is 1. The summed E-state index contributed by atoms with van der Waals surface area (Å²) in [6.45, 7) is 0.679. The van der Waals surface area contributed by atoms with E-state index in [1.54, 1.807) is 4.52 Å². The number of aliphatic hydroxyl groups is 1. The lowest BCUT2D eigenvalue weighted by molar-refractivity contribution is 0.174. The molecule has 0 aliphatic carbocycles. The molecule has 3 rings (SSSR count). The summed E-state index contributed by atoms with van der Waals surface area (Å²) in [7, 11) is 0. The van der Waals surface area contributed by atoms with E-state index in [0.29, 0.717) is 17.9 Å². The molecule has 1 aromatic carbocycles. The second kappa shape index (κ2) is 6.39. The second-order valence-electron chi connectivity index (χ2n) is 4.84. The summed E-state index contributed by atoms with van der Waals surface area (Å²) >= 11 is 5.92. The third-order valence-corrected chi connectivity index (χ3v) is 3.55. The molecule has 22 heavy (non-hydrogen) atoms. The van der Waals surface area contributed by atoms with Gasteiger partial charge in [-0.15, -0.1) is 5.10 Å². The van der Waals surface area contributed by atoms with Gasteiger partial charge in [0.25, 0.3) is 0 Å². The van der Waals surface area contributed by atoms with Crippen molar-refractivity contribution in [1.82, 2.24) is 19.9 Å². The molecule has 0 radical (unpaired) electrons. The molecular weight excluding hydrogens is 307 g/mol. The van der Waals surface area contributed by atoms with Crippen LogP contribution in [0.3, 0.4) is 0 Å². The molecule has 0 fully saturated rings. The third kappa shape index (κ3) is 3.24. The van der Waals surface area contributed by atoms with Gasteiger partial charge < -0.3 is 10.4 Å². The molecule has 1 unspecified atom stereocenters. The standard InChI is InChI=1S/C15H14ClFN4O/c16-12-7-10(17)4-5-11(12)13(22)8-18-9-14-19-15-3-1-2-6-21(15)20-14/h1-7,13,18,22H,8-9H2. The van der Waals surface area contributed by atoms with E-state index in [2.05, 4.69) is 15.4 Å². The van der Waals surface area contributed by atoms with Gasteiger partial charge in [-0.05, 0) is 24.3 Å². The van der Waals surface area contributed by atoms with Gasteiger partial charge in [-0.2, -0.15) is 0 Å². The quantitative estimate of drug-likeness (QED) is 0.757. The predicted octanol–water partition coefficient (Wildman–Crippen LogP) is 2.35. The maximum atomic E-state index is 13.0. The van der Waals surface area contributed by atoms with Gasteiger partial charge in [0.1, 0.15) is 5.82 Å². The summed E-state index contributed by atoms with van der Waals surface area (Å²) in [4.78, 5) is 4.34. The zero-order valence-corrected chi connectivity index (χ0v) is 12.3. The van der Waals surface area contributed by atoms with E-state index in [0.717, 1.165) is 5.65 Å². The normalized spacial score (nSPS) is 12.7. The van der Waals surface area contributed by atoms with Gasteiger partial charge in [0, 0.05) is 23.3 Å². The van der Waals surface area contributed by atoms with Crippen LogP contribution in [0.5, 0.6) is 0 Å². The average Bonchev–Trinajstić information content (AvgIpc) is 2.89. The van der Waals surface area contributed by atoms with E-state index in [1.807, 2.05) is 24.4 Å². The largest absolute Gasteiger partial charge is 0.387 e. The summed E-state index contributed by atoms with van der Waals surface area (Å²) in [5.74, 6) is 0.200. The third-order valence-electron chi connectivity index (χ3n) is 3.23. The molecule has 0 aliphatic rings. The number of aliphatic hydroxyl groups excluding tert-OH is 1. The number of benzene rings is 1. The van der Waals surface area contributed by atoms with Crippen LogP contribution in [0.4, 0.5) is 4.39 Å². The Morgan fingerprint density at radius 3 is 2.95 bits per heavy atom. The van der Waals surface area contributed by atoms with Crippen molar-refractivity contribution in [3.63, 3.8) is 0 Å². The number of rotatable bonds is 5. The molecule has 114 valence electrons. The van der Waals surface area contributed by atoms with Crippen LogP contribution in [0, 0.1) is 5.82 Å². The molecule has 7 heteroatoms. The van der Waals surface area contributed by atoms with Crippen molar-refractivity contribution in [2.75, 3.05) is 6.54 Å². The number of nitrogens with zero attached hydrogens (tertiary/aromatic N) is 3. The van der Waals surface area contributed by atoms with Crippen molar-refractivity contribution < 1.29 is 9.50 Å². The summed E-state index contributed by atoms with van der Waals surface area (Å²) in [5.41, 5.74) is 1.25. The number of halogens is 2. The van der Waals surface area contributed by atoms with E-state index in [-0.39, 0.29) is 11.6 Å². The Morgan fingerprint density at radius 1 is 1.32 bits per heavy atom. The molecule has 1 atom stereocenters. The van der Waals surface area contributed by atoms with Crippen LogP contribution in [0.25, 0.3) is 5.65 Å². The maximum Gasteiger partial charge on any atom is 0.165 e. The maximum absolute atomic E-state index is 13.0. The molecule has 0 spiro atoms. The minimum atomic E-state index is -0.829. The highest BCUT2D eigenvalue weighted by atomic mass is 35.5. The second-order valence-corrected chi connectivity index (χ2v) is 5.25. The highest BCUT2D eigenvalue weighted by Crippen LogP contribution is 2.23. The Balaban J connectivity index is 1.60. The average molecular weight is 321 g/mol. The monoisotopic (exact) mass is 320 g/mol. The fourth-order valence-corrected chi connectivity index (χ4v) is 2.45. The lowest BCUT2D eigenvalue weighted by Crippen LogP contribution is -2.22. The van der Waals surface area contributed by atoms with Gasteiger partial charge in [0.2, 0.25) is 0 Å². The first-order valence-corrected chi connectivity index (χ1v) is 7.15. The number of hydrogen-bond acceptors (Lipinski definition) is 4. The zero-order chi connectivity index (χ0) is 15.5. The van der Waals surface area contributed by atoms with Gasteiger partial charge in [0.05, 0.1) is 12.6 Å². The molecule has 0 saturated heterocycles. The molecule has 5 nitrogen and oxygen atoms in total. The van der Waals surface area contributed by atoms with Gasteiger partial charge >= 0.3 is 0 Å². The Hall–Kier alpha value is -2.02. The molecule has 0 bridgehead atoms. The first-order valence-electron chi connectivity index (χ1n) is 6.77. The number of pyridine rings is 1. The van der Waals surface area contributed by atoms with E-state index < -0.39 is 11.9 Å². The van der Waals surface area contributed by atoms with Crippen molar-refractivity contribution in [2.45, 2.75) is 12.6 Å². The zero-order valence-electron chi connectivity index (χ0n) is 11.6. The molecule has 2 aromatic heterocycles. The van der Waals surface area contributed by atoms with E-state index in [1.165, 1.54) is 18.2 Å². The van der Waals surface area contributed by atoms with Crippen molar-refractivity contribution in [3.8, 4) is 0 Å². The topological polar surface area (TPSA) is 62.5 Å². The minimum absolute atomic E-state index is 0.208. The van der Waals surface area contributed by atoms with Crippen LogP contribution < -0.4 is 5.32 Å². The Morgan fingerprint density at radius 2 is 2.18 bits per heavy atom. The molecule has 0 amide bonds. The Bertz CT molecular complexity index is 759. The van der Waals surface area contributed by atoms with Gasteiger partial charge in [-0.25, -0.2) is 13.9 Å². The minimum Gasteiger partial charge on any atom is -0.387 e. The predicted molar refractivity (Wildman–Crippen MR) is 81.1 cm³/mol. The molecule has 0 saturated carbocycles. The molecule has 0 aliphatic heterocycles. The highest BCUT2D eigenvalue weighted by molar-refractivity contribution is 6.31. The molecule has 2 heterocycles. The fourth-order valence-electron chi connectivity index (χ4n) is 2.15. The highest BCUT2D eigenvalue weighted by Gasteiger charge is 2.12. The van der Waals surface area contributed by atoms with Crippen LogP contribution in [0.2, 0.25) is 5.02 Å². The van der Waals surface area contributed by atoms with Gasteiger partial charge in [0.15, 0.2) is 11.5 Å². The Labute approximate surface area is 131 Å². The molecular formula is C15H14ClFN4O. The fraction of sp³-hybridized carbons (Fsp3) is 0.200. The first kappa shape index (κ1) is 14.9. The Kier molecular flexibility index (Phi) is 4.33. The van der Waals surface area contributed by atoms with Crippen molar-refractivity contribution in [3.05, 3.63) is 64.8 Å². The first-order chi connectivity index (χ1) is 10.6. The van der Waals surface area contributed by atoms with E-state index in [9.17, 15) is 9.50 Å². The van der Waals surface area contributed by atoms with Crippen LogP contribution in [0.1, 0.15) is 17.5 Å². The van der Waals surface area contributed by atoms with Crippen LogP contribution in [-0.4, -0.2) is 26.2 Å². The smallest absolute Gasteiger partial charge is 0.165 e. The van der Waals surface area contributed by atoms with E-state index >= 15 is 0 Å². The summed E-state index contributed by atoms with van der Waals surface area (Å²) < 4.78 is 14.7. The van der Waals surface area contributed by atoms with E-state index in [4.69, 9.17) is 11.6 Å². The van der Waals surface area contributed by atoms with Gasteiger partial charge in [-0.3, -0.25) is 0 Å². The summed E-state index contributed by atoms with van der Waals surface area (Å²) in [5, 5.41) is 17.7. The molecule has 3 aromatic rings. The lowest BCUT2D eigenvalue weighted by Gasteiger charge is -2.13. The summed E-state index contributed by atoms with van der Waals surface area (Å²) in [6, 6.07) is 9.56. The van der Waals surface area contributed by atoms with Crippen LogP contribution in [0.15, 0.2) is 42.6 Å². The van der Waals surface area contributed by atoms with Crippen LogP contribution in [-0.2, 0) is 6.54 Å². The number of aromatic nitrogens is 3. The van der Waals surface area contributed by atoms with Crippen molar-refractivity contribution in [1.29, 1.82) is 0 Å². The summed E-state index contributed by atoms with van der Waals surface area (Å²) in [6.07, 6.45) is 0.990.